The quantitative estimate of drug-likeness (QED) is 0.176. The van der Waals surface area contributed by atoms with E-state index >= 15 is 4.39 Å². The van der Waals surface area contributed by atoms with Crippen molar-refractivity contribution in [3.05, 3.63) is 29.2 Å². The molecule has 42 heavy (non-hydrogen) atoms. The van der Waals surface area contributed by atoms with Crippen LogP contribution in [0, 0.1) is 17.2 Å². The summed E-state index contributed by atoms with van der Waals surface area (Å²) < 4.78 is 31.5. The van der Waals surface area contributed by atoms with Crippen molar-refractivity contribution >= 4 is 39.0 Å². The lowest BCUT2D eigenvalue weighted by atomic mass is 9.87. The van der Waals surface area contributed by atoms with E-state index in [9.17, 15) is 9.90 Å². The molecule has 230 valence electrons. The van der Waals surface area contributed by atoms with E-state index in [-0.39, 0.29) is 12.4 Å². The largest absolute Gasteiger partial charge is 0.465 e. The molecule has 2 aromatic heterocycles. The molecule has 0 radical (unpaired) electrons. The number of imidazole rings is 1. The molecule has 1 fully saturated rings. The van der Waals surface area contributed by atoms with Gasteiger partial charge in [-0.3, -0.25) is 9.47 Å². The van der Waals surface area contributed by atoms with Crippen molar-refractivity contribution in [3.63, 3.8) is 0 Å². The summed E-state index contributed by atoms with van der Waals surface area (Å²) in [4.78, 5) is 17.4. The van der Waals surface area contributed by atoms with Crippen molar-refractivity contribution in [2.24, 2.45) is 11.3 Å². The average Bonchev–Trinajstić information content (AvgIpc) is 3.25. The Labute approximate surface area is 250 Å². The van der Waals surface area contributed by atoms with Crippen molar-refractivity contribution < 1.29 is 23.8 Å². The van der Waals surface area contributed by atoms with E-state index in [0.717, 1.165) is 35.5 Å². The Morgan fingerprint density at radius 1 is 1.12 bits per heavy atom. The summed E-state index contributed by atoms with van der Waals surface area (Å²) in [6.07, 6.45) is 1.84. The monoisotopic (exact) mass is 615 g/mol. The van der Waals surface area contributed by atoms with Crippen LogP contribution in [0.4, 0.5) is 14.9 Å². The number of carbonyl (C=O) groups is 1. The van der Waals surface area contributed by atoms with E-state index < -0.39 is 28.1 Å². The minimum Gasteiger partial charge on any atom is -0.465 e. The van der Waals surface area contributed by atoms with Crippen LogP contribution in [-0.4, -0.2) is 66.9 Å². The Bertz CT molecular complexity index is 1490. The maximum Gasteiger partial charge on any atom is 0.411 e. The van der Waals surface area contributed by atoms with Gasteiger partial charge in [0.05, 0.1) is 16.7 Å². The van der Waals surface area contributed by atoms with Gasteiger partial charge < -0.3 is 14.6 Å². The second-order valence-electron chi connectivity index (χ2n) is 14.9. The van der Waals surface area contributed by atoms with Crippen LogP contribution in [0.25, 0.3) is 22.6 Å². The number of hydrogen-bond acceptors (Lipinski definition) is 5. The summed E-state index contributed by atoms with van der Waals surface area (Å²) in [6.45, 7) is 18.2. The van der Waals surface area contributed by atoms with Crippen LogP contribution in [0.1, 0.15) is 24.6 Å². The molecule has 2 atom stereocenters. The van der Waals surface area contributed by atoms with Gasteiger partial charge in [0.25, 0.3) is 0 Å². The minimum absolute atomic E-state index is 0.0389. The standard InChI is InChI=1S/C30H46FN5O4Si2/c1-30-16-20(30)13-21-26(17-30)36(19-40-10-12-42(6,7)8)33-27(21)28-32-23-15-24(34(2)29(37)38)22(31)14-25(23)35(28)18-39-9-11-41(3,4)5/h14-15,20H,9-13,16-19H2,1-8H3,(H,37,38)/t20-,30-/m1/s1. The zero-order valence-corrected chi connectivity index (χ0v) is 28.4. The molecule has 1 saturated carbocycles. The van der Waals surface area contributed by atoms with Crippen molar-refractivity contribution in [3.8, 4) is 11.5 Å². The van der Waals surface area contributed by atoms with Gasteiger partial charge >= 0.3 is 6.09 Å². The molecular formula is C30H46FN5O4Si2. The number of aromatic nitrogens is 4. The zero-order chi connectivity index (χ0) is 30.6. The lowest BCUT2D eigenvalue weighted by Gasteiger charge is -2.20. The Balaban J connectivity index is 1.56. The van der Waals surface area contributed by atoms with Gasteiger partial charge in [-0.2, -0.15) is 5.10 Å². The van der Waals surface area contributed by atoms with Gasteiger partial charge in [0.2, 0.25) is 0 Å². The number of benzene rings is 1. The van der Waals surface area contributed by atoms with Crippen LogP contribution in [0.15, 0.2) is 12.1 Å². The van der Waals surface area contributed by atoms with Crippen molar-refractivity contribution in [1.29, 1.82) is 0 Å². The van der Waals surface area contributed by atoms with Gasteiger partial charge in [0.15, 0.2) is 5.82 Å². The molecule has 5 rings (SSSR count). The minimum atomic E-state index is -1.30. The molecule has 9 nitrogen and oxygen atoms in total. The van der Waals surface area contributed by atoms with Crippen molar-refractivity contribution in [2.45, 2.75) is 91.0 Å². The molecule has 0 unspecified atom stereocenters. The van der Waals surface area contributed by atoms with Crippen LogP contribution in [0.2, 0.25) is 51.4 Å². The van der Waals surface area contributed by atoms with Crippen molar-refractivity contribution in [1.82, 2.24) is 19.3 Å². The maximum atomic E-state index is 15.3. The molecule has 2 aliphatic rings. The molecule has 0 aliphatic heterocycles. The van der Waals surface area contributed by atoms with E-state index in [1.165, 1.54) is 36.9 Å². The normalized spacial score (nSPS) is 20.1. The second-order valence-corrected chi connectivity index (χ2v) is 26.1. The fraction of sp³-hybridized carbons (Fsp3) is 0.633. The first-order valence-electron chi connectivity index (χ1n) is 15.0. The third-order valence-electron chi connectivity index (χ3n) is 8.83. The first kappa shape index (κ1) is 30.9. The number of rotatable bonds is 12. The molecule has 3 aromatic rings. The van der Waals surface area contributed by atoms with Gasteiger partial charge in [-0.15, -0.1) is 0 Å². The Morgan fingerprint density at radius 3 is 2.38 bits per heavy atom. The first-order chi connectivity index (χ1) is 19.6. The maximum absolute atomic E-state index is 15.3. The van der Waals surface area contributed by atoms with Gasteiger partial charge in [-0.1, -0.05) is 46.2 Å². The summed E-state index contributed by atoms with van der Waals surface area (Å²) >= 11 is 0. The Hall–Kier alpha value is -2.55. The second kappa shape index (κ2) is 11.2. The Kier molecular flexibility index (Phi) is 8.23. The summed E-state index contributed by atoms with van der Waals surface area (Å²) in [5.74, 6) is 0.612. The fourth-order valence-electron chi connectivity index (χ4n) is 5.77. The fourth-order valence-corrected chi connectivity index (χ4v) is 7.28. The molecule has 0 spiro atoms. The van der Waals surface area contributed by atoms with Gasteiger partial charge in [-0.25, -0.2) is 18.9 Å². The molecule has 12 heteroatoms. The average molecular weight is 616 g/mol. The van der Waals surface area contributed by atoms with E-state index in [0.29, 0.717) is 48.1 Å². The summed E-state index contributed by atoms with van der Waals surface area (Å²) in [7, 11) is -1.19. The van der Waals surface area contributed by atoms with E-state index in [1.807, 2.05) is 9.25 Å². The number of amides is 1. The summed E-state index contributed by atoms with van der Waals surface area (Å²) in [5.41, 5.74) is 4.50. The zero-order valence-electron chi connectivity index (χ0n) is 26.4. The summed E-state index contributed by atoms with van der Waals surface area (Å²) in [6, 6.07) is 4.97. The SMILES string of the molecule is CN(C(=O)O)c1cc2nc(-c3nn(COCC[Si](C)(C)C)c4c3C[C@@H]3C[C@]3(C)C4)n(COCC[Si](C)(C)C)c2cc1F. The number of halogens is 1. The predicted molar refractivity (Wildman–Crippen MR) is 169 cm³/mol. The predicted octanol–water partition coefficient (Wildman–Crippen LogP) is 6.90. The van der Waals surface area contributed by atoms with Gasteiger partial charge in [0.1, 0.15) is 25.0 Å². The Morgan fingerprint density at radius 2 is 1.76 bits per heavy atom. The molecule has 1 N–H and O–H groups in total. The molecule has 1 aromatic carbocycles. The van der Waals surface area contributed by atoms with Crippen LogP contribution in [0.3, 0.4) is 0 Å². The van der Waals surface area contributed by atoms with Gasteiger partial charge in [-0.05, 0) is 48.7 Å². The highest BCUT2D eigenvalue weighted by Gasteiger charge is 2.54. The molecular weight excluding hydrogens is 570 g/mol. The topological polar surface area (TPSA) is 94.6 Å². The smallest absolute Gasteiger partial charge is 0.411 e. The molecule has 2 heterocycles. The van der Waals surface area contributed by atoms with Crippen LogP contribution in [-0.2, 0) is 35.8 Å². The number of nitrogens with zero attached hydrogens (tertiary/aromatic N) is 5. The number of carboxylic acid groups (broad SMARTS) is 1. The van der Waals surface area contributed by atoms with Crippen LogP contribution >= 0.6 is 0 Å². The molecule has 1 amide bonds. The highest BCUT2D eigenvalue weighted by Crippen LogP contribution is 2.60. The number of hydrogen-bond donors (Lipinski definition) is 1. The highest BCUT2D eigenvalue weighted by atomic mass is 28.3. The lowest BCUT2D eigenvalue weighted by Crippen LogP contribution is -2.24. The van der Waals surface area contributed by atoms with Crippen LogP contribution < -0.4 is 4.90 Å². The van der Waals surface area contributed by atoms with Crippen LogP contribution in [0.5, 0.6) is 0 Å². The lowest BCUT2D eigenvalue weighted by molar-refractivity contribution is 0.0756. The molecule has 2 aliphatic carbocycles. The molecule has 0 saturated heterocycles. The van der Waals surface area contributed by atoms with Gasteiger partial charge in [0, 0.05) is 53.7 Å². The number of fused-ring (bicyclic) bond motifs is 3. The number of ether oxygens (including phenoxy) is 2. The third kappa shape index (κ3) is 6.51. The summed E-state index contributed by atoms with van der Waals surface area (Å²) in [5, 5.41) is 14.6. The first-order valence-corrected chi connectivity index (χ1v) is 22.4. The van der Waals surface area contributed by atoms with E-state index in [1.54, 1.807) is 0 Å². The van der Waals surface area contributed by atoms with Crippen molar-refractivity contribution in [2.75, 3.05) is 25.2 Å². The number of anilines is 1. The third-order valence-corrected chi connectivity index (χ3v) is 12.2. The van der Waals surface area contributed by atoms with E-state index in [4.69, 9.17) is 19.6 Å². The molecule has 0 bridgehead atoms. The highest BCUT2D eigenvalue weighted by molar-refractivity contribution is 6.76. The van der Waals surface area contributed by atoms with E-state index in [2.05, 4.69) is 46.2 Å².